The molecule has 0 aliphatic carbocycles. The van der Waals surface area contributed by atoms with Gasteiger partial charge in [0.1, 0.15) is 5.82 Å². The van der Waals surface area contributed by atoms with E-state index in [1.807, 2.05) is 0 Å². The quantitative estimate of drug-likeness (QED) is 0.246. The Kier molecular flexibility index (Phi) is 9.89. The number of hydrogen-bond acceptors (Lipinski definition) is 3. The predicted molar refractivity (Wildman–Crippen MR) is 114 cm³/mol. The first-order valence-electron chi connectivity index (χ1n) is 8.49. The van der Waals surface area contributed by atoms with E-state index in [2.05, 4.69) is 15.6 Å². The molecule has 0 saturated carbocycles. The van der Waals surface area contributed by atoms with Crippen LogP contribution in [0.15, 0.2) is 23.2 Å². The highest BCUT2D eigenvalue weighted by Gasteiger charge is 2.50. The van der Waals surface area contributed by atoms with Gasteiger partial charge in [-0.05, 0) is 36.5 Å². The zero-order chi connectivity index (χ0) is 20.9. The Morgan fingerprint density at radius 3 is 2.41 bits per heavy atom. The second-order valence-corrected chi connectivity index (χ2v) is 8.68. The van der Waals surface area contributed by atoms with Crippen LogP contribution in [-0.4, -0.2) is 50.9 Å². The summed E-state index contributed by atoms with van der Waals surface area (Å²) in [6.07, 6.45) is 0.625. The molecule has 2 rings (SSSR count). The lowest BCUT2D eigenvalue weighted by molar-refractivity contribution is -0.0496. The van der Waals surface area contributed by atoms with Gasteiger partial charge in [-0.25, -0.2) is 12.8 Å². The van der Waals surface area contributed by atoms with Crippen molar-refractivity contribution in [3.05, 3.63) is 34.6 Å². The lowest BCUT2D eigenvalue weighted by Gasteiger charge is -2.31. The molecular formula is C16H22ClF4IN4O2S. The van der Waals surface area contributed by atoms with Crippen molar-refractivity contribution in [3.8, 4) is 0 Å². The molecule has 0 unspecified atom stereocenters. The number of aliphatic imine (C=N–C) groups is 1. The summed E-state index contributed by atoms with van der Waals surface area (Å²) in [5.41, 5.74) is -4.52. The van der Waals surface area contributed by atoms with Gasteiger partial charge in [-0.2, -0.15) is 17.5 Å². The molecule has 6 nitrogen and oxygen atoms in total. The molecule has 29 heavy (non-hydrogen) atoms. The van der Waals surface area contributed by atoms with Crippen molar-refractivity contribution in [2.24, 2.45) is 10.9 Å². The summed E-state index contributed by atoms with van der Waals surface area (Å²) in [5.74, 6) is -0.0314. The van der Waals surface area contributed by atoms with Gasteiger partial charge in [-0.3, -0.25) is 4.99 Å². The number of halogens is 6. The summed E-state index contributed by atoms with van der Waals surface area (Å²) in [7, 11) is -3.70. The Bertz CT molecular complexity index is 816. The first-order valence-corrected chi connectivity index (χ1v) is 10.3. The molecule has 1 aromatic carbocycles. The largest absolute Gasteiger partial charge is 0.511 e. The maximum absolute atomic E-state index is 13.2. The van der Waals surface area contributed by atoms with E-state index < -0.39 is 21.3 Å². The second-order valence-electron chi connectivity index (χ2n) is 6.35. The number of rotatable bonds is 5. The number of sulfonamides is 1. The highest BCUT2D eigenvalue weighted by Crippen LogP contribution is 2.30. The summed E-state index contributed by atoms with van der Waals surface area (Å²) < 4.78 is 74.2. The zero-order valence-electron chi connectivity index (χ0n) is 15.5. The molecule has 1 heterocycles. The first kappa shape index (κ1) is 26.2. The van der Waals surface area contributed by atoms with Crippen molar-refractivity contribution in [1.82, 2.24) is 14.9 Å². The monoisotopic (exact) mass is 572 g/mol. The minimum absolute atomic E-state index is 0. The smallest absolute Gasteiger partial charge is 0.356 e. The molecule has 0 radical (unpaired) electrons. The fourth-order valence-corrected chi connectivity index (χ4v) is 3.98. The molecule has 0 amide bonds. The Balaban J connectivity index is 0.00000420. The Morgan fingerprint density at radius 2 is 1.90 bits per heavy atom. The van der Waals surface area contributed by atoms with E-state index in [0.717, 1.165) is 5.56 Å². The summed E-state index contributed by atoms with van der Waals surface area (Å²) in [5, 5.41) is 6.10. The number of benzene rings is 1. The fourth-order valence-electron chi connectivity index (χ4n) is 2.80. The van der Waals surface area contributed by atoms with Crippen molar-refractivity contribution in [1.29, 1.82) is 0 Å². The van der Waals surface area contributed by atoms with Crippen LogP contribution in [0, 0.1) is 11.7 Å². The number of nitrogens with one attached hydrogen (secondary N) is 2. The minimum atomic E-state index is -5.27. The number of piperidine rings is 1. The fraction of sp³-hybridized carbons (Fsp3) is 0.562. The van der Waals surface area contributed by atoms with Crippen LogP contribution in [0.5, 0.6) is 0 Å². The van der Waals surface area contributed by atoms with Gasteiger partial charge < -0.3 is 10.6 Å². The van der Waals surface area contributed by atoms with Gasteiger partial charge in [0.2, 0.25) is 0 Å². The van der Waals surface area contributed by atoms with Crippen molar-refractivity contribution >= 4 is 51.6 Å². The van der Waals surface area contributed by atoms with E-state index in [4.69, 9.17) is 11.6 Å². The molecule has 13 heteroatoms. The average Bonchev–Trinajstić information content (AvgIpc) is 2.64. The zero-order valence-corrected chi connectivity index (χ0v) is 19.4. The molecule has 0 spiro atoms. The molecule has 1 aliphatic rings. The minimum Gasteiger partial charge on any atom is -0.356 e. The Hall–Kier alpha value is -0.860. The number of guanidine groups is 1. The molecule has 1 saturated heterocycles. The van der Waals surface area contributed by atoms with Crippen LogP contribution in [0.1, 0.15) is 18.4 Å². The first-order chi connectivity index (χ1) is 13.0. The number of alkyl halides is 3. The summed E-state index contributed by atoms with van der Waals surface area (Å²) >= 11 is 5.73. The third kappa shape index (κ3) is 7.10. The molecule has 1 aromatic rings. The van der Waals surface area contributed by atoms with Gasteiger partial charge in [0, 0.05) is 33.2 Å². The number of nitrogens with zero attached hydrogens (tertiary/aromatic N) is 2. The van der Waals surface area contributed by atoms with E-state index >= 15 is 0 Å². The van der Waals surface area contributed by atoms with Crippen molar-refractivity contribution in [3.63, 3.8) is 0 Å². The summed E-state index contributed by atoms with van der Waals surface area (Å²) in [6.45, 7) is 0.439. The molecule has 2 N–H and O–H groups in total. The lowest BCUT2D eigenvalue weighted by Crippen LogP contribution is -2.47. The maximum Gasteiger partial charge on any atom is 0.511 e. The Labute approximate surface area is 189 Å². The van der Waals surface area contributed by atoms with Gasteiger partial charge in [-0.1, -0.05) is 17.7 Å². The molecule has 1 fully saturated rings. The molecule has 0 aromatic heterocycles. The summed E-state index contributed by atoms with van der Waals surface area (Å²) in [6, 6.07) is 4.34. The highest BCUT2D eigenvalue weighted by atomic mass is 127. The van der Waals surface area contributed by atoms with Crippen LogP contribution < -0.4 is 10.6 Å². The normalized spacial score (nSPS) is 17.0. The van der Waals surface area contributed by atoms with Crippen LogP contribution in [0.25, 0.3) is 0 Å². The molecular weight excluding hydrogens is 551 g/mol. The van der Waals surface area contributed by atoms with Crippen molar-refractivity contribution in [2.45, 2.75) is 24.9 Å². The second kappa shape index (κ2) is 11.0. The highest BCUT2D eigenvalue weighted by molar-refractivity contribution is 14.0. The van der Waals surface area contributed by atoms with Crippen LogP contribution in [-0.2, 0) is 16.6 Å². The van der Waals surface area contributed by atoms with Crippen LogP contribution in [0.4, 0.5) is 17.6 Å². The topological polar surface area (TPSA) is 73.8 Å². The van der Waals surface area contributed by atoms with E-state index in [0.29, 0.717) is 36.2 Å². The van der Waals surface area contributed by atoms with E-state index in [1.54, 1.807) is 13.1 Å². The van der Waals surface area contributed by atoms with Crippen LogP contribution >= 0.6 is 35.6 Å². The molecule has 166 valence electrons. The average molecular weight is 573 g/mol. The predicted octanol–water partition coefficient (Wildman–Crippen LogP) is 3.32. The van der Waals surface area contributed by atoms with Crippen LogP contribution in [0.2, 0.25) is 5.02 Å². The van der Waals surface area contributed by atoms with Gasteiger partial charge in [0.15, 0.2) is 5.96 Å². The maximum atomic E-state index is 13.2. The SMILES string of the molecule is CN=C(NCc1ccc(F)c(Cl)c1)NCC1CCN(S(=O)(=O)C(F)(F)F)CC1.I. The van der Waals surface area contributed by atoms with E-state index in [9.17, 15) is 26.0 Å². The molecule has 0 atom stereocenters. The van der Waals surface area contributed by atoms with Gasteiger partial charge in [0.05, 0.1) is 5.02 Å². The van der Waals surface area contributed by atoms with Crippen LogP contribution in [0.3, 0.4) is 0 Å². The Morgan fingerprint density at radius 1 is 1.28 bits per heavy atom. The molecule has 1 aliphatic heterocycles. The molecule has 0 bridgehead atoms. The van der Waals surface area contributed by atoms with Crippen molar-refractivity contribution in [2.75, 3.05) is 26.7 Å². The van der Waals surface area contributed by atoms with Gasteiger partial charge >= 0.3 is 15.5 Å². The third-order valence-electron chi connectivity index (χ3n) is 4.43. The van der Waals surface area contributed by atoms with Gasteiger partial charge in [-0.15, -0.1) is 24.0 Å². The van der Waals surface area contributed by atoms with Crippen molar-refractivity contribution < 1.29 is 26.0 Å². The third-order valence-corrected chi connectivity index (χ3v) is 6.35. The standard InChI is InChI=1S/C16H21ClF4N4O2S.HI/c1-22-15(24-10-12-2-3-14(18)13(17)8-12)23-9-11-4-6-25(7-5-11)28(26,27)16(19,20)21;/h2-3,8,11H,4-7,9-10H2,1H3,(H2,22,23,24);1H. The number of hydrogen-bond donors (Lipinski definition) is 2. The van der Waals surface area contributed by atoms with Gasteiger partial charge in [0.25, 0.3) is 0 Å². The van der Waals surface area contributed by atoms with E-state index in [-0.39, 0.29) is 48.0 Å². The lowest BCUT2D eigenvalue weighted by atomic mass is 9.98. The van der Waals surface area contributed by atoms with E-state index in [1.165, 1.54) is 12.1 Å². The summed E-state index contributed by atoms with van der Waals surface area (Å²) in [4.78, 5) is 4.05.